The molecule has 0 aliphatic rings. The van der Waals surface area contributed by atoms with Crippen molar-refractivity contribution in [2.45, 2.75) is 19.9 Å². The minimum absolute atomic E-state index is 0.146. The van der Waals surface area contributed by atoms with Crippen LogP contribution in [0.5, 0.6) is 23.0 Å². The van der Waals surface area contributed by atoms with E-state index in [9.17, 15) is 14.0 Å². The topological polar surface area (TPSA) is 131 Å². The number of rotatable bonds is 8. The Labute approximate surface area is 234 Å². The number of aromatic nitrogens is 4. The predicted octanol–water partition coefficient (Wildman–Crippen LogP) is 5.15. The third kappa shape index (κ3) is 5.29. The molecule has 3 aromatic heterocycles. The quantitative estimate of drug-likeness (QED) is 0.278. The number of carbonyl (C=O) groups is 1. The molecule has 2 N–H and O–H groups in total. The van der Waals surface area contributed by atoms with Gasteiger partial charge >= 0.3 is 0 Å². The van der Waals surface area contributed by atoms with E-state index >= 15 is 0 Å². The number of hydrogen-bond donors (Lipinski definition) is 1. The molecule has 10 nitrogen and oxygen atoms in total. The number of hydrogen-bond acceptors (Lipinski definition) is 8. The second-order valence-electron chi connectivity index (χ2n) is 9.36. The predicted molar refractivity (Wildman–Crippen MR) is 151 cm³/mol. The van der Waals surface area contributed by atoms with Gasteiger partial charge in [0.1, 0.15) is 17.3 Å². The van der Waals surface area contributed by atoms with Gasteiger partial charge in [0.2, 0.25) is 5.43 Å². The molecule has 0 unspecified atom stereocenters. The molecule has 0 saturated carbocycles. The molecule has 0 aliphatic carbocycles. The average molecular weight is 556 g/mol. The molecule has 5 rings (SSSR count). The lowest BCUT2D eigenvalue weighted by molar-refractivity contribution is 0.0992. The van der Waals surface area contributed by atoms with E-state index in [1.165, 1.54) is 35.3 Å². The van der Waals surface area contributed by atoms with E-state index < -0.39 is 22.8 Å². The fourth-order valence-electron chi connectivity index (χ4n) is 4.35. The molecule has 1 amide bonds. The summed E-state index contributed by atoms with van der Waals surface area (Å²) in [7, 11) is 3.09. The van der Waals surface area contributed by atoms with Crippen LogP contribution in [0.25, 0.3) is 33.3 Å². The highest BCUT2D eigenvalue weighted by atomic mass is 19.1. The molecule has 0 aliphatic heterocycles. The smallest absolute Gasteiger partial charge is 0.273 e. The van der Waals surface area contributed by atoms with Gasteiger partial charge in [-0.05, 0) is 55.8 Å². The third-order valence-electron chi connectivity index (χ3n) is 6.42. The van der Waals surface area contributed by atoms with E-state index in [1.807, 2.05) is 13.8 Å². The minimum Gasteiger partial charge on any atom is -0.493 e. The van der Waals surface area contributed by atoms with Crippen LogP contribution in [-0.4, -0.2) is 39.9 Å². The SMILES string of the molecule is COc1cc2nccc(Oc3ccc(-c4cc(F)ccc4-c4cn(C(C)C)nc(C(N)=O)c4=O)nc3)c2cc1OC. The van der Waals surface area contributed by atoms with Crippen molar-refractivity contribution in [3.05, 3.63) is 88.9 Å². The maximum Gasteiger partial charge on any atom is 0.273 e. The van der Waals surface area contributed by atoms with Gasteiger partial charge in [0.25, 0.3) is 5.91 Å². The van der Waals surface area contributed by atoms with Crippen molar-refractivity contribution in [3.8, 4) is 45.4 Å². The van der Waals surface area contributed by atoms with Gasteiger partial charge in [-0.1, -0.05) is 6.07 Å². The zero-order valence-electron chi connectivity index (χ0n) is 22.7. The van der Waals surface area contributed by atoms with Crippen LogP contribution >= 0.6 is 0 Å². The molecule has 0 radical (unpaired) electrons. The molecule has 0 spiro atoms. The van der Waals surface area contributed by atoms with E-state index in [1.54, 1.807) is 50.7 Å². The molecule has 0 bridgehead atoms. The summed E-state index contributed by atoms with van der Waals surface area (Å²) < 4.78 is 32.8. The normalized spacial score (nSPS) is 11.1. The van der Waals surface area contributed by atoms with Gasteiger partial charge in [-0.25, -0.2) is 4.39 Å². The number of nitrogens with zero attached hydrogens (tertiary/aromatic N) is 4. The van der Waals surface area contributed by atoms with Crippen molar-refractivity contribution in [1.29, 1.82) is 0 Å². The van der Waals surface area contributed by atoms with Crippen LogP contribution in [0.4, 0.5) is 4.39 Å². The van der Waals surface area contributed by atoms with E-state index in [2.05, 4.69) is 15.1 Å². The molecule has 11 heteroatoms. The number of carbonyl (C=O) groups excluding carboxylic acids is 1. The summed E-state index contributed by atoms with van der Waals surface area (Å²) in [6, 6.07) is 12.4. The number of amides is 1. The highest BCUT2D eigenvalue weighted by molar-refractivity contribution is 5.93. The van der Waals surface area contributed by atoms with Gasteiger partial charge in [-0.2, -0.15) is 5.10 Å². The second kappa shape index (κ2) is 11.0. The fraction of sp³-hybridized carbons (Fsp3) is 0.167. The molecule has 0 saturated heterocycles. The Hall–Kier alpha value is -5.32. The Balaban J connectivity index is 1.55. The van der Waals surface area contributed by atoms with Crippen LogP contribution in [0.3, 0.4) is 0 Å². The summed E-state index contributed by atoms with van der Waals surface area (Å²) in [5, 5.41) is 4.78. The molecule has 0 atom stereocenters. The van der Waals surface area contributed by atoms with Crippen molar-refractivity contribution in [3.63, 3.8) is 0 Å². The van der Waals surface area contributed by atoms with E-state index in [4.69, 9.17) is 19.9 Å². The summed E-state index contributed by atoms with van der Waals surface area (Å²) in [5.74, 6) is 0.523. The Bertz CT molecular complexity index is 1840. The van der Waals surface area contributed by atoms with E-state index in [0.717, 1.165) is 0 Å². The molecule has 5 aromatic rings. The summed E-state index contributed by atoms with van der Waals surface area (Å²) in [6.45, 7) is 3.69. The van der Waals surface area contributed by atoms with Crippen molar-refractivity contribution in [2.75, 3.05) is 14.2 Å². The molecule has 41 heavy (non-hydrogen) atoms. The van der Waals surface area contributed by atoms with Crippen molar-refractivity contribution < 1.29 is 23.4 Å². The molecule has 208 valence electrons. The Morgan fingerprint density at radius 2 is 1.68 bits per heavy atom. The lowest BCUT2D eigenvalue weighted by Gasteiger charge is -2.15. The Morgan fingerprint density at radius 3 is 2.34 bits per heavy atom. The highest BCUT2D eigenvalue weighted by Crippen LogP contribution is 2.37. The van der Waals surface area contributed by atoms with Gasteiger partial charge in [0.15, 0.2) is 17.2 Å². The number of benzene rings is 2. The van der Waals surface area contributed by atoms with E-state index in [0.29, 0.717) is 50.7 Å². The number of methoxy groups -OCH3 is 2. The van der Waals surface area contributed by atoms with Gasteiger partial charge < -0.3 is 19.9 Å². The van der Waals surface area contributed by atoms with Gasteiger partial charge in [-0.15, -0.1) is 0 Å². The first kappa shape index (κ1) is 27.3. The number of pyridine rings is 2. The first-order valence-electron chi connectivity index (χ1n) is 12.6. The number of halogens is 1. The molecule has 0 fully saturated rings. The number of ether oxygens (including phenoxy) is 3. The molecular formula is C30H26FN5O5. The van der Waals surface area contributed by atoms with Crippen LogP contribution < -0.4 is 25.4 Å². The second-order valence-corrected chi connectivity index (χ2v) is 9.36. The summed E-state index contributed by atoms with van der Waals surface area (Å²) in [4.78, 5) is 34.0. The van der Waals surface area contributed by atoms with Gasteiger partial charge in [-0.3, -0.25) is 24.2 Å². The Morgan fingerprint density at radius 1 is 0.927 bits per heavy atom. The van der Waals surface area contributed by atoms with Crippen LogP contribution in [0.1, 0.15) is 30.4 Å². The first-order chi connectivity index (χ1) is 19.7. The van der Waals surface area contributed by atoms with E-state index in [-0.39, 0.29) is 11.6 Å². The maximum atomic E-state index is 14.4. The summed E-state index contributed by atoms with van der Waals surface area (Å²) >= 11 is 0. The first-order valence-corrected chi connectivity index (χ1v) is 12.6. The van der Waals surface area contributed by atoms with Crippen LogP contribution in [0.2, 0.25) is 0 Å². The molecular weight excluding hydrogens is 529 g/mol. The number of primary amides is 1. The van der Waals surface area contributed by atoms with Crippen molar-refractivity contribution in [1.82, 2.24) is 19.7 Å². The van der Waals surface area contributed by atoms with Crippen LogP contribution in [-0.2, 0) is 0 Å². The van der Waals surface area contributed by atoms with Crippen molar-refractivity contribution >= 4 is 16.8 Å². The van der Waals surface area contributed by atoms with Gasteiger partial charge in [0.05, 0.1) is 37.2 Å². The summed E-state index contributed by atoms with van der Waals surface area (Å²) in [5.41, 5.74) is 6.27. The number of nitrogens with two attached hydrogens (primary N) is 1. The van der Waals surface area contributed by atoms with Crippen LogP contribution in [0.15, 0.2) is 71.9 Å². The lowest BCUT2D eigenvalue weighted by Crippen LogP contribution is -2.28. The standard InChI is InChI=1S/C30H26FN5O5/c1-16(2)36-15-22(29(37)28(35-36)30(32)38)19-7-5-17(31)11-20(19)23-8-6-18(14-34-23)41-25-9-10-33-24-13-27(40-4)26(39-3)12-21(24)25/h5-16H,1-4H3,(H2,32,38). The zero-order valence-corrected chi connectivity index (χ0v) is 22.7. The number of fused-ring (bicyclic) bond motifs is 1. The maximum absolute atomic E-state index is 14.4. The van der Waals surface area contributed by atoms with Gasteiger partial charge in [0, 0.05) is 35.5 Å². The van der Waals surface area contributed by atoms with Crippen molar-refractivity contribution in [2.24, 2.45) is 5.73 Å². The fourth-order valence-corrected chi connectivity index (χ4v) is 4.35. The highest BCUT2D eigenvalue weighted by Gasteiger charge is 2.20. The summed E-state index contributed by atoms with van der Waals surface area (Å²) in [6.07, 6.45) is 4.62. The molecule has 3 heterocycles. The zero-order chi connectivity index (χ0) is 29.3. The average Bonchev–Trinajstić information content (AvgIpc) is 2.97. The lowest BCUT2D eigenvalue weighted by atomic mass is 9.97. The van der Waals surface area contributed by atoms with Crippen LogP contribution in [0, 0.1) is 5.82 Å². The Kier molecular flexibility index (Phi) is 7.34. The molecule has 2 aromatic carbocycles. The third-order valence-corrected chi connectivity index (χ3v) is 6.42. The largest absolute Gasteiger partial charge is 0.493 e. The minimum atomic E-state index is -0.950. The monoisotopic (exact) mass is 555 g/mol.